The Morgan fingerprint density at radius 1 is 1.19 bits per heavy atom. The number of aromatic carboxylic acids is 1. The second kappa shape index (κ2) is 8.42. The SMILES string of the molecule is CC(C)N1C[C@H]2C[C@@]2(c2ccc(-c3cnc(N)c(C(=O)O)c3)cc2)C1.O=C(O)C(F)(F)F. The van der Waals surface area contributed by atoms with Crippen molar-refractivity contribution < 1.29 is 33.0 Å². The molecule has 0 radical (unpaired) electrons. The maximum Gasteiger partial charge on any atom is 0.490 e. The number of piperidine rings is 1. The van der Waals surface area contributed by atoms with Crippen LogP contribution in [0.4, 0.5) is 19.0 Å². The van der Waals surface area contributed by atoms with E-state index in [1.165, 1.54) is 18.5 Å². The summed E-state index contributed by atoms with van der Waals surface area (Å²) in [6.45, 7) is 6.86. The molecule has 2 aromatic rings. The molecule has 1 aromatic heterocycles. The van der Waals surface area contributed by atoms with E-state index in [0.717, 1.165) is 23.6 Å². The number of pyridine rings is 1. The lowest BCUT2D eigenvalue weighted by atomic mass is 9.93. The van der Waals surface area contributed by atoms with Crippen LogP contribution in [0.3, 0.4) is 0 Å². The van der Waals surface area contributed by atoms with Crippen LogP contribution in [0.5, 0.6) is 0 Å². The molecule has 2 fully saturated rings. The predicted molar refractivity (Wildman–Crippen MR) is 111 cm³/mol. The van der Waals surface area contributed by atoms with Gasteiger partial charge in [0.2, 0.25) is 0 Å². The van der Waals surface area contributed by atoms with Crippen molar-refractivity contribution in [3.63, 3.8) is 0 Å². The Morgan fingerprint density at radius 2 is 1.78 bits per heavy atom. The molecular weight excluding hydrogens is 427 g/mol. The first-order valence-electron chi connectivity index (χ1n) is 9.99. The van der Waals surface area contributed by atoms with Gasteiger partial charge >= 0.3 is 18.1 Å². The zero-order valence-corrected chi connectivity index (χ0v) is 17.6. The van der Waals surface area contributed by atoms with Gasteiger partial charge in [0, 0.05) is 36.3 Å². The predicted octanol–water partition coefficient (Wildman–Crippen LogP) is 3.64. The van der Waals surface area contributed by atoms with Crippen molar-refractivity contribution in [1.29, 1.82) is 0 Å². The van der Waals surface area contributed by atoms with E-state index in [9.17, 15) is 23.1 Å². The first kappa shape index (κ1) is 23.5. The second-order valence-corrected chi connectivity index (χ2v) is 8.42. The number of hydrogen-bond acceptors (Lipinski definition) is 5. The minimum absolute atomic E-state index is 0.0470. The zero-order chi connectivity index (χ0) is 23.8. The fraction of sp³-hybridized carbons (Fsp3) is 0.409. The zero-order valence-electron chi connectivity index (χ0n) is 17.6. The minimum atomic E-state index is -5.08. The van der Waals surface area contributed by atoms with E-state index < -0.39 is 18.1 Å². The number of rotatable bonds is 4. The van der Waals surface area contributed by atoms with E-state index >= 15 is 0 Å². The van der Waals surface area contributed by atoms with Gasteiger partial charge in [0.15, 0.2) is 0 Å². The number of nitrogen functional groups attached to an aromatic ring is 1. The van der Waals surface area contributed by atoms with Gasteiger partial charge in [-0.2, -0.15) is 13.2 Å². The van der Waals surface area contributed by atoms with Crippen LogP contribution >= 0.6 is 0 Å². The largest absolute Gasteiger partial charge is 0.490 e. The van der Waals surface area contributed by atoms with Crippen LogP contribution in [-0.2, 0) is 10.2 Å². The second-order valence-electron chi connectivity index (χ2n) is 8.42. The highest BCUT2D eigenvalue weighted by atomic mass is 19.4. The van der Waals surface area contributed by atoms with E-state index in [1.807, 2.05) is 0 Å². The van der Waals surface area contributed by atoms with Crippen LogP contribution in [-0.4, -0.2) is 57.3 Å². The molecule has 1 aliphatic carbocycles. The normalized spacial score (nSPS) is 22.1. The number of nitrogens with zero attached hydrogens (tertiary/aromatic N) is 2. The number of benzene rings is 1. The number of likely N-dealkylation sites (tertiary alicyclic amines) is 1. The van der Waals surface area contributed by atoms with E-state index in [-0.39, 0.29) is 11.4 Å². The maximum atomic E-state index is 11.2. The molecule has 1 aromatic carbocycles. The summed E-state index contributed by atoms with van der Waals surface area (Å²) in [6.07, 6.45) is -2.17. The Bertz CT molecular complexity index is 1020. The van der Waals surface area contributed by atoms with Gasteiger partial charge in [-0.3, -0.25) is 4.90 Å². The maximum absolute atomic E-state index is 11.2. The molecule has 7 nitrogen and oxygen atoms in total. The average Bonchev–Trinajstić information content (AvgIpc) is 3.28. The van der Waals surface area contributed by atoms with Crippen molar-refractivity contribution in [2.24, 2.45) is 5.92 Å². The lowest BCUT2D eigenvalue weighted by molar-refractivity contribution is -0.192. The first-order chi connectivity index (χ1) is 14.8. The lowest BCUT2D eigenvalue weighted by Gasteiger charge is -2.24. The van der Waals surface area contributed by atoms with E-state index in [2.05, 4.69) is 48.0 Å². The summed E-state index contributed by atoms with van der Waals surface area (Å²) in [5, 5.41) is 16.3. The molecule has 4 rings (SSSR count). The van der Waals surface area contributed by atoms with E-state index in [0.29, 0.717) is 11.5 Å². The first-order valence-corrected chi connectivity index (χ1v) is 9.99. The number of carboxylic acids is 2. The lowest BCUT2D eigenvalue weighted by Crippen LogP contribution is -2.32. The molecule has 0 bridgehead atoms. The molecule has 172 valence electrons. The van der Waals surface area contributed by atoms with Gasteiger partial charge in [-0.1, -0.05) is 24.3 Å². The molecule has 10 heteroatoms. The topological polar surface area (TPSA) is 117 Å². The summed E-state index contributed by atoms with van der Waals surface area (Å²) in [4.78, 5) is 26.7. The molecule has 32 heavy (non-hydrogen) atoms. The van der Waals surface area contributed by atoms with Crippen LogP contribution in [0.2, 0.25) is 0 Å². The summed E-state index contributed by atoms with van der Waals surface area (Å²) >= 11 is 0. The van der Waals surface area contributed by atoms with Gasteiger partial charge in [-0.15, -0.1) is 0 Å². The number of carboxylic acid groups (broad SMARTS) is 2. The molecule has 1 saturated heterocycles. The molecule has 4 N–H and O–H groups in total. The number of aliphatic carboxylic acids is 1. The van der Waals surface area contributed by atoms with Gasteiger partial charge in [0.05, 0.1) is 0 Å². The van der Waals surface area contributed by atoms with Crippen LogP contribution in [0, 0.1) is 5.92 Å². The van der Waals surface area contributed by atoms with Gasteiger partial charge in [-0.25, -0.2) is 14.6 Å². The van der Waals surface area contributed by atoms with Crippen molar-refractivity contribution in [1.82, 2.24) is 9.88 Å². The molecule has 0 spiro atoms. The molecule has 1 saturated carbocycles. The number of carbonyl (C=O) groups is 2. The van der Waals surface area contributed by atoms with Crippen molar-refractivity contribution >= 4 is 17.8 Å². The highest BCUT2D eigenvalue weighted by molar-refractivity contribution is 5.94. The summed E-state index contributed by atoms with van der Waals surface area (Å²) < 4.78 is 31.7. The van der Waals surface area contributed by atoms with Gasteiger partial charge < -0.3 is 15.9 Å². The highest BCUT2D eigenvalue weighted by Gasteiger charge is 2.60. The van der Waals surface area contributed by atoms with E-state index in [4.69, 9.17) is 15.6 Å². The number of alkyl halides is 3. The summed E-state index contributed by atoms with van der Waals surface area (Å²) in [7, 11) is 0. The van der Waals surface area contributed by atoms with Crippen LogP contribution in [0.15, 0.2) is 36.5 Å². The Balaban J connectivity index is 0.000000360. The fourth-order valence-corrected chi connectivity index (χ4v) is 4.16. The average molecular weight is 451 g/mol. The van der Waals surface area contributed by atoms with Crippen LogP contribution in [0.1, 0.15) is 36.2 Å². The van der Waals surface area contributed by atoms with Crippen LogP contribution in [0.25, 0.3) is 11.1 Å². The summed E-state index contributed by atoms with van der Waals surface area (Å²) in [6, 6.07) is 10.7. The highest BCUT2D eigenvalue weighted by Crippen LogP contribution is 2.59. The molecule has 2 atom stereocenters. The monoisotopic (exact) mass is 451 g/mol. The number of hydrogen-bond donors (Lipinski definition) is 3. The number of nitrogens with two attached hydrogens (primary N) is 1. The number of aromatic nitrogens is 1. The molecule has 2 heterocycles. The Labute approximate surface area is 182 Å². The van der Waals surface area contributed by atoms with Gasteiger partial charge in [0.25, 0.3) is 0 Å². The molecule has 0 unspecified atom stereocenters. The third-order valence-corrected chi connectivity index (χ3v) is 6.09. The van der Waals surface area contributed by atoms with Crippen molar-refractivity contribution in [2.45, 2.75) is 37.9 Å². The minimum Gasteiger partial charge on any atom is -0.478 e. The van der Waals surface area contributed by atoms with E-state index in [1.54, 1.807) is 12.3 Å². The number of fused-ring (bicyclic) bond motifs is 1. The molecule has 0 amide bonds. The number of halogens is 3. The quantitative estimate of drug-likeness (QED) is 0.650. The Hall–Kier alpha value is -3.14. The van der Waals surface area contributed by atoms with Crippen molar-refractivity contribution in [3.05, 3.63) is 47.7 Å². The third kappa shape index (κ3) is 4.69. The Morgan fingerprint density at radius 3 is 2.25 bits per heavy atom. The van der Waals surface area contributed by atoms with Gasteiger partial charge in [-0.05, 0) is 43.4 Å². The molecule has 2 aliphatic rings. The molecule has 1 aliphatic heterocycles. The Kier molecular flexibility index (Phi) is 6.19. The van der Waals surface area contributed by atoms with Gasteiger partial charge in [0.1, 0.15) is 11.4 Å². The standard InChI is InChI=1S/C20H23N3O2.C2HF3O2/c1-12(2)23-10-16-8-20(16,11-23)15-5-3-13(4-6-15)14-7-17(19(24)25)18(21)22-9-14;3-2(4,5)1(6)7/h3-7,9,12,16H,8,10-11H2,1-2H3,(H2,21,22)(H,24,25);(H,6,7)/t16-,20+;/m1./s1. The van der Waals surface area contributed by atoms with Crippen LogP contribution < -0.4 is 5.73 Å². The summed E-state index contributed by atoms with van der Waals surface area (Å²) in [5.74, 6) is -2.99. The molecular formula is C22H24F3N3O4. The van der Waals surface area contributed by atoms with Crippen molar-refractivity contribution in [3.8, 4) is 11.1 Å². The third-order valence-electron chi connectivity index (χ3n) is 6.09. The fourth-order valence-electron chi connectivity index (χ4n) is 4.16. The van der Waals surface area contributed by atoms with Crippen molar-refractivity contribution in [2.75, 3.05) is 18.8 Å². The smallest absolute Gasteiger partial charge is 0.478 e. The number of anilines is 1. The summed E-state index contributed by atoms with van der Waals surface area (Å²) in [5.41, 5.74) is 9.15.